The molecule has 0 rings (SSSR count). The fourth-order valence-corrected chi connectivity index (χ4v) is 0.409. The quantitative estimate of drug-likeness (QED) is 0.526. The van der Waals surface area contributed by atoms with E-state index in [1.54, 1.807) is 0 Å². The first-order chi connectivity index (χ1) is 4.41. The second-order valence-corrected chi connectivity index (χ2v) is 1.68. The molecule has 0 spiro atoms. The minimum atomic E-state index is 0. The molecule has 0 aromatic rings. The summed E-state index contributed by atoms with van der Waals surface area (Å²) in [5.41, 5.74) is 0. The van der Waals surface area contributed by atoms with Crippen molar-refractivity contribution in [1.29, 1.82) is 0 Å². The van der Waals surface area contributed by atoms with Gasteiger partial charge in [-0.2, -0.15) is 0 Å². The molecule has 0 aliphatic heterocycles. The van der Waals surface area contributed by atoms with Crippen LogP contribution in [0.25, 0.3) is 0 Å². The molecule has 0 fully saturated rings. The van der Waals surface area contributed by atoms with E-state index in [0.29, 0.717) is 26.4 Å². The van der Waals surface area contributed by atoms with E-state index in [2.05, 4.69) is 8.58 Å². The van der Waals surface area contributed by atoms with Crippen LogP contribution in [0.15, 0.2) is 0 Å². The topological polar surface area (TPSA) is 27.7 Å². The Kier molecular flexibility index (Phi) is 17.8. The van der Waals surface area contributed by atoms with Gasteiger partial charge >= 0.3 is 23.7 Å². The van der Waals surface area contributed by atoms with E-state index in [9.17, 15) is 0 Å². The van der Waals surface area contributed by atoms with E-state index in [-0.39, 0.29) is 23.7 Å². The number of hydrogen-bond acceptors (Lipinski definition) is 3. The molecule has 0 radical (unpaired) electrons. The molecule has 64 valence electrons. The molecular weight excluding hydrogens is 295 g/mol. The van der Waals surface area contributed by atoms with Crippen molar-refractivity contribution in [2.75, 3.05) is 26.4 Å². The van der Waals surface area contributed by atoms with Crippen LogP contribution in [0.3, 0.4) is 0 Å². The van der Waals surface area contributed by atoms with Crippen molar-refractivity contribution >= 4 is 47.4 Å². The van der Waals surface area contributed by atoms with Crippen LogP contribution in [0.2, 0.25) is 0 Å². The third kappa shape index (κ3) is 12.0. The summed E-state index contributed by atoms with van der Waals surface area (Å²) in [4.78, 5) is 0. The zero-order chi connectivity index (χ0) is 6.95. The summed E-state index contributed by atoms with van der Waals surface area (Å²) < 4.78 is 13.3. The third-order valence-corrected chi connectivity index (χ3v) is 0.918. The Bertz CT molecular complexity index is 51.8. The molecule has 0 aromatic heterocycles. The molecule has 0 aromatic carbocycles. The van der Waals surface area contributed by atoms with Crippen molar-refractivity contribution in [3.63, 3.8) is 0 Å². The van der Waals surface area contributed by atoms with E-state index >= 15 is 0 Å². The molecule has 0 heterocycles. The van der Waals surface area contributed by atoms with Gasteiger partial charge in [-0.1, -0.05) is 0 Å². The van der Waals surface area contributed by atoms with Gasteiger partial charge in [0.15, 0.2) is 0 Å². The van der Waals surface area contributed by atoms with Crippen LogP contribution in [0.4, 0.5) is 0 Å². The second-order valence-electron chi connectivity index (χ2n) is 1.24. The van der Waals surface area contributed by atoms with Crippen molar-refractivity contribution in [2.24, 2.45) is 0 Å². The molecule has 0 amide bonds. The molecule has 0 saturated carbocycles. The number of rotatable bonds is 6. The molecule has 0 atom stereocenters. The van der Waals surface area contributed by atoms with Crippen molar-refractivity contribution in [1.82, 2.24) is 0 Å². The molecule has 0 saturated heterocycles. The maximum absolute atomic E-state index is 4.90. The normalized spacial score (nSPS) is 9.00. The maximum atomic E-state index is 4.90. The predicted molar refractivity (Wildman–Crippen MR) is 43.0 cm³/mol. The van der Waals surface area contributed by atoms with E-state index < -0.39 is 0 Å². The molecule has 0 N–H and O–H groups in total. The average molecular weight is 305 g/mol. The van der Waals surface area contributed by atoms with Crippen LogP contribution in [-0.4, -0.2) is 50.1 Å². The molecule has 3 nitrogen and oxygen atoms in total. The Morgan fingerprint density at radius 2 is 1.20 bits per heavy atom. The van der Waals surface area contributed by atoms with Crippen LogP contribution in [0.5, 0.6) is 0 Å². The Morgan fingerprint density at radius 1 is 0.800 bits per heavy atom. The van der Waals surface area contributed by atoms with E-state index in [1.807, 2.05) is 0 Å². The van der Waals surface area contributed by atoms with E-state index in [1.165, 1.54) is 0 Å². The van der Waals surface area contributed by atoms with Gasteiger partial charge in [-0.15, -0.1) is 0 Å². The van der Waals surface area contributed by atoms with Crippen LogP contribution < -0.4 is 0 Å². The van der Waals surface area contributed by atoms with Gasteiger partial charge in [-0.3, -0.25) is 8.58 Å². The second kappa shape index (κ2) is 12.9. The summed E-state index contributed by atoms with van der Waals surface area (Å²) in [7, 11) is 0. The van der Waals surface area contributed by atoms with Gasteiger partial charge in [-0.05, 0) is 0 Å². The third-order valence-electron chi connectivity index (χ3n) is 0.610. The first kappa shape index (κ1) is 13.8. The van der Waals surface area contributed by atoms with E-state index in [0.717, 1.165) is 0 Å². The molecule has 0 aliphatic rings. The summed E-state index contributed by atoms with van der Waals surface area (Å²) in [6, 6.07) is 0. The predicted octanol–water partition coefficient (Wildman–Crippen LogP) is 0.428. The van der Waals surface area contributed by atoms with Crippen LogP contribution in [0, 0.1) is 0 Å². The SMILES string of the molecule is ClOCCOCCOCl.[TeH2]. The van der Waals surface area contributed by atoms with Crippen LogP contribution >= 0.6 is 23.7 Å². The number of hydrogen-bond donors (Lipinski definition) is 0. The van der Waals surface area contributed by atoms with Gasteiger partial charge in [-0.25, -0.2) is 0 Å². The Morgan fingerprint density at radius 3 is 1.50 bits per heavy atom. The van der Waals surface area contributed by atoms with E-state index in [4.69, 9.17) is 28.5 Å². The summed E-state index contributed by atoms with van der Waals surface area (Å²) in [5, 5.41) is 0. The van der Waals surface area contributed by atoms with Gasteiger partial charge in [0.05, 0.1) is 50.2 Å². The Balaban J connectivity index is 0. The van der Waals surface area contributed by atoms with Crippen LogP contribution in [0.1, 0.15) is 0 Å². The fraction of sp³-hybridized carbons (Fsp3) is 1.00. The van der Waals surface area contributed by atoms with Crippen LogP contribution in [-0.2, 0) is 13.3 Å². The summed E-state index contributed by atoms with van der Waals surface area (Å²) >= 11 is 9.75. The molecule has 10 heavy (non-hydrogen) atoms. The van der Waals surface area contributed by atoms with Gasteiger partial charge in [0.25, 0.3) is 0 Å². The number of halogens is 2. The summed E-state index contributed by atoms with van der Waals surface area (Å²) in [6.07, 6.45) is 0. The van der Waals surface area contributed by atoms with Gasteiger partial charge in [0.2, 0.25) is 0 Å². The van der Waals surface area contributed by atoms with Gasteiger partial charge in [0, 0.05) is 0 Å². The first-order valence-electron chi connectivity index (χ1n) is 2.46. The fourth-order valence-electron chi connectivity index (χ4n) is 0.283. The summed E-state index contributed by atoms with van der Waals surface area (Å²) in [5.74, 6) is 0. The first-order valence-corrected chi connectivity index (χ1v) is 3.08. The van der Waals surface area contributed by atoms with Crippen molar-refractivity contribution < 1.29 is 13.3 Å². The van der Waals surface area contributed by atoms with Gasteiger partial charge < -0.3 is 4.74 Å². The average Bonchev–Trinajstić information content (AvgIpc) is 1.89. The monoisotopic (exact) mass is 306 g/mol. The molecule has 0 unspecified atom stereocenters. The number of ether oxygens (including phenoxy) is 1. The van der Waals surface area contributed by atoms with Crippen molar-refractivity contribution in [3.05, 3.63) is 0 Å². The Hall–Kier alpha value is 1.25. The standard InChI is InChI=1S/C4H8Cl2O3.H2Te/c5-8-3-1-7-2-4-9-6;/h1-4H2;1H2. The molecule has 0 aliphatic carbocycles. The zero-order valence-corrected chi connectivity index (χ0v) is 9.68. The minimum absolute atomic E-state index is 0. The molecular formula is C4H10Cl2O3Te. The van der Waals surface area contributed by atoms with Gasteiger partial charge in [0.1, 0.15) is 0 Å². The Labute approximate surface area is 87.0 Å². The molecule has 6 heteroatoms. The summed E-state index contributed by atoms with van der Waals surface area (Å²) in [6.45, 7) is 1.68. The molecule has 0 bridgehead atoms. The zero-order valence-electron chi connectivity index (χ0n) is 5.31. The van der Waals surface area contributed by atoms with Crippen molar-refractivity contribution in [2.45, 2.75) is 0 Å². The van der Waals surface area contributed by atoms with Crippen molar-refractivity contribution in [3.8, 4) is 0 Å².